The lowest BCUT2D eigenvalue weighted by atomic mass is 10.0. The molecule has 4 heteroatoms. The maximum absolute atomic E-state index is 6.11. The molecular formula is C15H9Cl2NO. The van der Waals surface area contributed by atoms with Gasteiger partial charge in [0.1, 0.15) is 5.69 Å². The summed E-state index contributed by atoms with van der Waals surface area (Å²) in [6.45, 7) is 0. The highest BCUT2D eigenvalue weighted by atomic mass is 35.5. The lowest BCUT2D eigenvalue weighted by Crippen LogP contribution is -1.82. The van der Waals surface area contributed by atoms with Gasteiger partial charge >= 0.3 is 0 Å². The fraction of sp³-hybridized carbons (Fsp3) is 0. The number of halogens is 2. The highest BCUT2D eigenvalue weighted by Gasteiger charge is 2.17. The van der Waals surface area contributed by atoms with E-state index in [1.54, 1.807) is 0 Å². The van der Waals surface area contributed by atoms with Crippen LogP contribution in [0.2, 0.25) is 10.2 Å². The summed E-state index contributed by atoms with van der Waals surface area (Å²) in [5, 5.41) is 5.01. The molecule has 3 aromatic rings. The van der Waals surface area contributed by atoms with E-state index in [0.717, 1.165) is 16.7 Å². The van der Waals surface area contributed by atoms with E-state index in [1.807, 2.05) is 54.6 Å². The van der Waals surface area contributed by atoms with Gasteiger partial charge in [-0.3, -0.25) is 0 Å². The summed E-state index contributed by atoms with van der Waals surface area (Å²) in [5.74, 6) is 0. The van der Waals surface area contributed by atoms with Gasteiger partial charge < -0.3 is 4.52 Å². The maximum Gasteiger partial charge on any atom is 0.234 e. The predicted molar refractivity (Wildman–Crippen MR) is 77.4 cm³/mol. The molecule has 3 rings (SSSR count). The van der Waals surface area contributed by atoms with Crippen molar-refractivity contribution in [1.82, 2.24) is 5.16 Å². The molecule has 0 atom stereocenters. The molecule has 0 fully saturated rings. The molecule has 2 aromatic carbocycles. The summed E-state index contributed by atoms with van der Waals surface area (Å²) >= 11 is 12.0. The zero-order valence-corrected chi connectivity index (χ0v) is 11.3. The van der Waals surface area contributed by atoms with Crippen molar-refractivity contribution in [2.24, 2.45) is 0 Å². The van der Waals surface area contributed by atoms with E-state index in [-0.39, 0.29) is 5.22 Å². The van der Waals surface area contributed by atoms with Crippen molar-refractivity contribution in [3.8, 4) is 22.4 Å². The average molecular weight is 290 g/mol. The molecule has 94 valence electrons. The zero-order valence-electron chi connectivity index (χ0n) is 9.81. The summed E-state index contributed by atoms with van der Waals surface area (Å²) < 4.78 is 5.12. The van der Waals surface area contributed by atoms with E-state index in [4.69, 9.17) is 27.7 Å². The molecule has 0 radical (unpaired) electrons. The molecular weight excluding hydrogens is 281 g/mol. The van der Waals surface area contributed by atoms with Gasteiger partial charge in [-0.2, -0.15) is 0 Å². The Hall–Kier alpha value is -1.77. The van der Waals surface area contributed by atoms with E-state index < -0.39 is 0 Å². The van der Waals surface area contributed by atoms with Gasteiger partial charge in [0, 0.05) is 10.6 Å². The van der Waals surface area contributed by atoms with Crippen molar-refractivity contribution in [2.75, 3.05) is 0 Å². The number of hydrogen-bond acceptors (Lipinski definition) is 2. The van der Waals surface area contributed by atoms with Crippen LogP contribution in [-0.4, -0.2) is 5.16 Å². The number of rotatable bonds is 2. The largest absolute Gasteiger partial charge is 0.343 e. The molecule has 0 aliphatic rings. The Morgan fingerprint density at radius 2 is 1.47 bits per heavy atom. The average Bonchev–Trinajstić information content (AvgIpc) is 2.82. The molecule has 0 aliphatic heterocycles. The molecule has 0 spiro atoms. The first-order valence-electron chi connectivity index (χ1n) is 5.72. The molecule has 0 bridgehead atoms. The second-order valence-electron chi connectivity index (χ2n) is 4.05. The van der Waals surface area contributed by atoms with Crippen LogP contribution in [0.3, 0.4) is 0 Å². The van der Waals surface area contributed by atoms with Crippen molar-refractivity contribution in [3.05, 3.63) is 64.8 Å². The summed E-state index contributed by atoms with van der Waals surface area (Å²) in [7, 11) is 0. The Morgan fingerprint density at radius 1 is 0.789 bits per heavy atom. The second kappa shape index (κ2) is 5.08. The molecule has 1 heterocycles. The predicted octanol–water partition coefficient (Wildman–Crippen LogP) is 5.32. The van der Waals surface area contributed by atoms with E-state index in [2.05, 4.69) is 5.16 Å². The highest BCUT2D eigenvalue weighted by Crippen LogP contribution is 2.37. The van der Waals surface area contributed by atoms with Crippen LogP contribution in [0.5, 0.6) is 0 Å². The molecule has 1 aromatic heterocycles. The van der Waals surface area contributed by atoms with Gasteiger partial charge in [-0.25, -0.2) is 0 Å². The Morgan fingerprint density at radius 3 is 2.16 bits per heavy atom. The molecule has 0 N–H and O–H groups in total. The third kappa shape index (κ3) is 2.37. The third-order valence-electron chi connectivity index (χ3n) is 2.83. The van der Waals surface area contributed by atoms with E-state index >= 15 is 0 Å². The first kappa shape index (κ1) is 12.3. The highest BCUT2D eigenvalue weighted by molar-refractivity contribution is 6.32. The molecule has 0 aliphatic carbocycles. The van der Waals surface area contributed by atoms with Crippen molar-refractivity contribution in [2.45, 2.75) is 0 Å². The fourth-order valence-electron chi connectivity index (χ4n) is 1.93. The lowest BCUT2D eigenvalue weighted by Gasteiger charge is -2.02. The lowest BCUT2D eigenvalue weighted by molar-refractivity contribution is 0.424. The Kier molecular flexibility index (Phi) is 3.28. The van der Waals surface area contributed by atoms with Crippen LogP contribution in [0.1, 0.15) is 0 Å². The standard InChI is InChI=1S/C15H9Cl2NO/c16-12-8-6-11(7-9-12)14-13(15(17)19-18-14)10-4-2-1-3-5-10/h1-9H. The summed E-state index contributed by atoms with van der Waals surface area (Å²) in [6.07, 6.45) is 0. The molecule has 0 saturated heterocycles. The number of hydrogen-bond donors (Lipinski definition) is 0. The first-order chi connectivity index (χ1) is 9.25. The summed E-state index contributed by atoms with van der Waals surface area (Å²) in [4.78, 5) is 0. The van der Waals surface area contributed by atoms with Gasteiger partial charge in [-0.15, -0.1) is 0 Å². The topological polar surface area (TPSA) is 26.0 Å². The van der Waals surface area contributed by atoms with E-state index in [0.29, 0.717) is 10.7 Å². The third-order valence-corrected chi connectivity index (χ3v) is 3.34. The van der Waals surface area contributed by atoms with E-state index in [1.165, 1.54) is 0 Å². The van der Waals surface area contributed by atoms with Crippen LogP contribution >= 0.6 is 23.2 Å². The minimum Gasteiger partial charge on any atom is -0.343 e. The van der Waals surface area contributed by atoms with Crippen molar-refractivity contribution < 1.29 is 4.52 Å². The smallest absolute Gasteiger partial charge is 0.234 e. The van der Waals surface area contributed by atoms with Crippen molar-refractivity contribution in [3.63, 3.8) is 0 Å². The maximum atomic E-state index is 6.11. The van der Waals surface area contributed by atoms with Crippen LogP contribution in [-0.2, 0) is 0 Å². The summed E-state index contributed by atoms with van der Waals surface area (Å²) in [6, 6.07) is 17.2. The number of benzene rings is 2. The van der Waals surface area contributed by atoms with E-state index in [9.17, 15) is 0 Å². The first-order valence-corrected chi connectivity index (χ1v) is 6.48. The molecule has 2 nitrogen and oxygen atoms in total. The minimum atomic E-state index is 0.288. The Bertz CT molecular complexity index is 690. The number of aromatic nitrogens is 1. The van der Waals surface area contributed by atoms with Gasteiger partial charge in [0.05, 0.1) is 5.56 Å². The van der Waals surface area contributed by atoms with Gasteiger partial charge in [-0.05, 0) is 29.3 Å². The van der Waals surface area contributed by atoms with Gasteiger partial charge in [0.25, 0.3) is 0 Å². The van der Waals surface area contributed by atoms with Gasteiger partial charge in [0.2, 0.25) is 5.22 Å². The van der Waals surface area contributed by atoms with Crippen LogP contribution in [0.4, 0.5) is 0 Å². The van der Waals surface area contributed by atoms with Gasteiger partial charge in [0.15, 0.2) is 0 Å². The van der Waals surface area contributed by atoms with Crippen molar-refractivity contribution in [1.29, 1.82) is 0 Å². The van der Waals surface area contributed by atoms with Crippen LogP contribution in [0.15, 0.2) is 59.1 Å². The summed E-state index contributed by atoms with van der Waals surface area (Å²) in [5.41, 5.74) is 3.40. The monoisotopic (exact) mass is 289 g/mol. The zero-order chi connectivity index (χ0) is 13.2. The number of nitrogens with zero attached hydrogens (tertiary/aromatic N) is 1. The molecule has 0 saturated carbocycles. The quantitative estimate of drug-likeness (QED) is 0.638. The van der Waals surface area contributed by atoms with Gasteiger partial charge in [-0.1, -0.05) is 59.2 Å². The molecule has 19 heavy (non-hydrogen) atoms. The minimum absolute atomic E-state index is 0.288. The molecule has 0 amide bonds. The Balaban J connectivity index is 2.16. The van der Waals surface area contributed by atoms with Crippen LogP contribution in [0.25, 0.3) is 22.4 Å². The second-order valence-corrected chi connectivity index (χ2v) is 4.83. The van der Waals surface area contributed by atoms with Crippen molar-refractivity contribution >= 4 is 23.2 Å². The normalized spacial score (nSPS) is 10.6. The van der Waals surface area contributed by atoms with Crippen LogP contribution in [0, 0.1) is 0 Å². The fourth-order valence-corrected chi connectivity index (χ4v) is 2.29. The molecule has 0 unspecified atom stereocenters. The van der Waals surface area contributed by atoms with Crippen LogP contribution < -0.4 is 0 Å². The Labute approximate surface area is 120 Å². The SMILES string of the molecule is Clc1ccc(-c2noc(Cl)c2-c2ccccc2)cc1.